The molecule has 6 nitrogen and oxygen atoms in total. The van der Waals surface area contributed by atoms with Crippen LogP contribution in [0, 0.1) is 23.2 Å². The van der Waals surface area contributed by atoms with Crippen LogP contribution >= 0.6 is 0 Å². The fraction of sp³-hybridized carbons (Fsp3) is 0.308. The minimum absolute atomic E-state index is 0.194. The van der Waals surface area contributed by atoms with E-state index in [1.54, 1.807) is 18.2 Å². The van der Waals surface area contributed by atoms with Crippen molar-refractivity contribution in [2.75, 3.05) is 18.4 Å². The maximum Gasteiger partial charge on any atom is 0.248 e. The average Bonchev–Trinajstić information content (AvgIpc) is 2.43. The highest BCUT2D eigenvalue weighted by Gasteiger charge is 2.21. The molecule has 0 bridgehead atoms. The van der Waals surface area contributed by atoms with Gasteiger partial charge >= 0.3 is 0 Å². The fourth-order valence-corrected chi connectivity index (χ4v) is 2.10. The Bertz CT molecular complexity index is 681. The summed E-state index contributed by atoms with van der Waals surface area (Å²) in [6, 6.07) is 6.32. The van der Waals surface area contributed by atoms with E-state index in [-0.39, 0.29) is 12.3 Å². The van der Waals surface area contributed by atoms with Crippen molar-refractivity contribution < 1.29 is 18.3 Å². The predicted molar refractivity (Wildman–Crippen MR) is 74.6 cm³/mol. The summed E-state index contributed by atoms with van der Waals surface area (Å²) in [5.41, 5.74) is 0.710. The molecule has 0 aliphatic carbocycles. The third-order valence-corrected chi connectivity index (χ3v) is 3.95. The van der Waals surface area contributed by atoms with Gasteiger partial charge in [0.05, 0.1) is 18.9 Å². The Morgan fingerprint density at radius 2 is 2.20 bits per heavy atom. The van der Waals surface area contributed by atoms with Crippen molar-refractivity contribution in [3.05, 3.63) is 23.8 Å². The van der Waals surface area contributed by atoms with Gasteiger partial charge in [-0.15, -0.1) is 0 Å². The Morgan fingerprint density at radius 1 is 1.50 bits per heavy atom. The van der Waals surface area contributed by atoms with E-state index >= 15 is 0 Å². The number of hydrogen-bond acceptors (Lipinski definition) is 5. The number of nitrogens with one attached hydrogen (secondary N) is 1. The van der Waals surface area contributed by atoms with Crippen LogP contribution in [0.2, 0.25) is 0 Å². The number of aliphatic hydroxyl groups excluding tert-OH is 1. The summed E-state index contributed by atoms with van der Waals surface area (Å²) in [5.74, 6) is 5.43. The molecule has 20 heavy (non-hydrogen) atoms. The summed E-state index contributed by atoms with van der Waals surface area (Å²) in [7, 11) is -2.42. The van der Waals surface area contributed by atoms with Crippen molar-refractivity contribution in [3.8, 4) is 23.7 Å². The number of rotatable bonds is 4. The van der Waals surface area contributed by atoms with E-state index in [1.165, 1.54) is 20.1 Å². The summed E-state index contributed by atoms with van der Waals surface area (Å²) in [5, 5.41) is 16.1. The molecule has 1 rings (SSSR count). The molecule has 1 aromatic rings. The Hall–Kier alpha value is -2.22. The highest BCUT2D eigenvalue weighted by molar-refractivity contribution is 7.93. The van der Waals surface area contributed by atoms with Crippen LogP contribution in [0.5, 0.6) is 5.75 Å². The van der Waals surface area contributed by atoms with E-state index in [4.69, 9.17) is 15.1 Å². The van der Waals surface area contributed by atoms with Gasteiger partial charge in [-0.1, -0.05) is 11.8 Å². The molecular weight excluding hydrogens is 280 g/mol. The maximum atomic E-state index is 11.9. The van der Waals surface area contributed by atoms with Crippen molar-refractivity contribution >= 4 is 15.7 Å². The lowest BCUT2D eigenvalue weighted by molar-refractivity contribution is 0.350. The van der Waals surface area contributed by atoms with E-state index in [2.05, 4.69) is 16.6 Å². The molecule has 1 aromatic carbocycles. The van der Waals surface area contributed by atoms with Crippen LogP contribution in [0.1, 0.15) is 12.5 Å². The molecule has 106 valence electrons. The number of hydrogen-bond donors (Lipinski definition) is 2. The third kappa shape index (κ3) is 3.89. The minimum Gasteiger partial charge on any atom is -0.495 e. The molecule has 0 saturated heterocycles. The van der Waals surface area contributed by atoms with Gasteiger partial charge in [0, 0.05) is 5.56 Å². The van der Waals surface area contributed by atoms with Gasteiger partial charge in [-0.05, 0) is 25.1 Å². The molecule has 0 radical (unpaired) electrons. The van der Waals surface area contributed by atoms with E-state index in [0.717, 1.165) is 0 Å². The molecule has 0 spiro atoms. The van der Waals surface area contributed by atoms with Gasteiger partial charge in [0.15, 0.2) is 5.25 Å². The first kappa shape index (κ1) is 15.8. The highest BCUT2D eigenvalue weighted by atomic mass is 32.2. The first-order valence-electron chi connectivity index (χ1n) is 5.63. The molecule has 0 aliphatic heterocycles. The average molecular weight is 294 g/mol. The van der Waals surface area contributed by atoms with Crippen LogP contribution in [0.25, 0.3) is 0 Å². The Kier molecular flexibility index (Phi) is 5.39. The highest BCUT2D eigenvalue weighted by Crippen LogP contribution is 2.26. The summed E-state index contributed by atoms with van der Waals surface area (Å²) in [6.45, 7) is 0.989. The standard InChI is InChI=1S/C13H14N2O4S/c1-10(9-14)20(17,18)15-12-8-11(4-3-7-16)5-6-13(12)19-2/h5-6,8,10,15-16H,7H2,1-2H3. The number of methoxy groups -OCH3 is 1. The zero-order valence-corrected chi connectivity index (χ0v) is 11.9. The lowest BCUT2D eigenvalue weighted by atomic mass is 10.2. The number of benzene rings is 1. The predicted octanol–water partition coefficient (Wildman–Crippen LogP) is 0.693. The van der Waals surface area contributed by atoms with Gasteiger partial charge in [-0.3, -0.25) is 4.72 Å². The molecular formula is C13H14N2O4S. The second-order valence-electron chi connectivity index (χ2n) is 3.79. The molecule has 0 fully saturated rings. The molecule has 0 aliphatic rings. The van der Waals surface area contributed by atoms with Crippen molar-refractivity contribution in [1.29, 1.82) is 5.26 Å². The summed E-state index contributed by atoms with van der Waals surface area (Å²) in [6.07, 6.45) is 0. The van der Waals surface area contributed by atoms with Gasteiger partial charge in [0.1, 0.15) is 12.4 Å². The first-order valence-corrected chi connectivity index (χ1v) is 7.18. The second-order valence-corrected chi connectivity index (χ2v) is 5.79. The van der Waals surface area contributed by atoms with E-state index in [9.17, 15) is 8.42 Å². The topological polar surface area (TPSA) is 99.4 Å². The molecule has 0 saturated carbocycles. The number of nitrogens with zero attached hydrogens (tertiary/aromatic N) is 1. The van der Waals surface area contributed by atoms with Crippen LogP contribution in [0.3, 0.4) is 0 Å². The zero-order valence-electron chi connectivity index (χ0n) is 11.0. The summed E-state index contributed by atoms with van der Waals surface area (Å²) < 4.78 is 31.1. The van der Waals surface area contributed by atoms with E-state index in [0.29, 0.717) is 11.3 Å². The quantitative estimate of drug-likeness (QED) is 0.796. The van der Waals surface area contributed by atoms with E-state index < -0.39 is 15.3 Å². The number of nitriles is 1. The third-order valence-electron chi connectivity index (χ3n) is 2.41. The van der Waals surface area contributed by atoms with Crippen LogP contribution < -0.4 is 9.46 Å². The molecule has 1 atom stereocenters. The van der Waals surface area contributed by atoms with Gasteiger partial charge in [0.2, 0.25) is 10.0 Å². The maximum absolute atomic E-state index is 11.9. The Morgan fingerprint density at radius 3 is 2.75 bits per heavy atom. The fourth-order valence-electron chi connectivity index (χ4n) is 1.32. The number of sulfonamides is 1. The number of aliphatic hydroxyl groups is 1. The molecule has 0 amide bonds. The van der Waals surface area contributed by atoms with Crippen molar-refractivity contribution in [1.82, 2.24) is 0 Å². The van der Waals surface area contributed by atoms with Crippen LogP contribution in [-0.4, -0.2) is 32.5 Å². The van der Waals surface area contributed by atoms with Gasteiger partial charge in [0.25, 0.3) is 0 Å². The SMILES string of the molecule is COc1ccc(C#CCO)cc1NS(=O)(=O)C(C)C#N. The normalized spacial score (nSPS) is 11.7. The van der Waals surface area contributed by atoms with Gasteiger partial charge in [-0.2, -0.15) is 5.26 Å². The summed E-state index contributed by atoms with van der Waals surface area (Å²) >= 11 is 0. The Balaban J connectivity index is 3.19. The summed E-state index contributed by atoms with van der Waals surface area (Å²) in [4.78, 5) is 0. The van der Waals surface area contributed by atoms with E-state index in [1.807, 2.05) is 0 Å². The molecule has 0 aromatic heterocycles. The zero-order chi connectivity index (χ0) is 15.2. The molecule has 7 heteroatoms. The smallest absolute Gasteiger partial charge is 0.248 e. The van der Waals surface area contributed by atoms with Crippen molar-refractivity contribution in [2.24, 2.45) is 0 Å². The largest absolute Gasteiger partial charge is 0.495 e. The minimum atomic E-state index is -3.82. The first-order chi connectivity index (χ1) is 9.44. The van der Waals surface area contributed by atoms with Gasteiger partial charge < -0.3 is 9.84 Å². The van der Waals surface area contributed by atoms with Crippen molar-refractivity contribution in [2.45, 2.75) is 12.2 Å². The second kappa shape index (κ2) is 6.80. The molecule has 1 unspecified atom stereocenters. The molecule has 0 heterocycles. The molecule has 2 N–H and O–H groups in total. The van der Waals surface area contributed by atoms with Crippen molar-refractivity contribution in [3.63, 3.8) is 0 Å². The van der Waals surface area contributed by atoms with Crippen LogP contribution in [-0.2, 0) is 10.0 Å². The lowest BCUT2D eigenvalue weighted by Crippen LogP contribution is -2.24. The lowest BCUT2D eigenvalue weighted by Gasteiger charge is -2.13. The van der Waals surface area contributed by atoms with Crippen LogP contribution in [0.4, 0.5) is 5.69 Å². The number of ether oxygens (including phenoxy) is 1. The monoisotopic (exact) mass is 294 g/mol. The van der Waals surface area contributed by atoms with Gasteiger partial charge in [-0.25, -0.2) is 8.42 Å². The van der Waals surface area contributed by atoms with Crippen LogP contribution in [0.15, 0.2) is 18.2 Å². The Labute approximate surface area is 118 Å². The number of anilines is 1.